The number of aromatic nitrogens is 1. The van der Waals surface area contributed by atoms with E-state index in [4.69, 9.17) is 22.1 Å². The molecule has 0 aliphatic heterocycles. The van der Waals surface area contributed by atoms with Crippen molar-refractivity contribution in [2.24, 2.45) is 5.11 Å². The van der Waals surface area contributed by atoms with Crippen LogP contribution in [0.2, 0.25) is 5.02 Å². The van der Waals surface area contributed by atoms with Gasteiger partial charge in [-0.15, -0.1) is 0 Å². The summed E-state index contributed by atoms with van der Waals surface area (Å²) in [6.07, 6.45) is 0. The molecule has 108 valence electrons. The highest BCUT2D eigenvalue weighted by molar-refractivity contribution is 6.33. The van der Waals surface area contributed by atoms with Gasteiger partial charge in [-0.2, -0.15) is 0 Å². The number of hydrogen-bond donors (Lipinski definition) is 0. The van der Waals surface area contributed by atoms with Crippen LogP contribution >= 0.6 is 11.6 Å². The van der Waals surface area contributed by atoms with Gasteiger partial charge in [0.15, 0.2) is 0 Å². The second-order valence-corrected chi connectivity index (χ2v) is 5.41. The van der Waals surface area contributed by atoms with Crippen LogP contribution in [0.4, 0.5) is 0 Å². The van der Waals surface area contributed by atoms with Gasteiger partial charge in [0.05, 0.1) is 17.8 Å². The largest absolute Gasteiger partial charge is 0.247 e. The summed E-state index contributed by atoms with van der Waals surface area (Å²) in [6.45, 7) is 2.28. The molecule has 0 aliphatic carbocycles. The van der Waals surface area contributed by atoms with E-state index in [0.29, 0.717) is 5.02 Å². The zero-order valence-electron chi connectivity index (χ0n) is 12.0. The first-order valence-corrected chi connectivity index (χ1v) is 7.23. The summed E-state index contributed by atoms with van der Waals surface area (Å²) in [5, 5.41) is 5.38. The maximum absolute atomic E-state index is 8.62. The third-order valence-corrected chi connectivity index (χ3v) is 3.92. The van der Waals surface area contributed by atoms with Crippen LogP contribution in [0.15, 0.2) is 53.6 Å². The highest BCUT2D eigenvalue weighted by Gasteiger charge is 2.12. The molecule has 3 rings (SSSR count). The minimum atomic E-state index is 0.244. The lowest BCUT2D eigenvalue weighted by atomic mass is 10.0. The summed E-state index contributed by atoms with van der Waals surface area (Å²) >= 11 is 6.30. The fourth-order valence-corrected chi connectivity index (χ4v) is 2.73. The molecule has 3 aromatic rings. The van der Waals surface area contributed by atoms with E-state index in [1.54, 1.807) is 0 Å². The minimum absolute atomic E-state index is 0.244. The quantitative estimate of drug-likeness (QED) is 0.349. The number of fused-ring (bicyclic) bond motifs is 1. The highest BCUT2D eigenvalue weighted by Crippen LogP contribution is 2.32. The van der Waals surface area contributed by atoms with E-state index < -0.39 is 0 Å². The molecule has 1 aromatic heterocycles. The van der Waals surface area contributed by atoms with Gasteiger partial charge >= 0.3 is 0 Å². The number of pyridine rings is 1. The van der Waals surface area contributed by atoms with Crippen LogP contribution in [0, 0.1) is 6.92 Å². The van der Waals surface area contributed by atoms with Gasteiger partial charge in [-0.1, -0.05) is 47.0 Å². The second-order valence-electron chi connectivity index (χ2n) is 5.01. The van der Waals surface area contributed by atoms with Crippen LogP contribution in [0.25, 0.3) is 32.6 Å². The lowest BCUT2D eigenvalue weighted by Crippen LogP contribution is -1.95. The van der Waals surface area contributed by atoms with Gasteiger partial charge in [0.1, 0.15) is 0 Å². The second kappa shape index (κ2) is 6.06. The monoisotopic (exact) mass is 308 g/mol. The van der Waals surface area contributed by atoms with Gasteiger partial charge in [0.25, 0.3) is 0 Å². The van der Waals surface area contributed by atoms with E-state index in [1.165, 1.54) is 0 Å². The zero-order valence-corrected chi connectivity index (χ0v) is 12.7. The molecule has 2 aromatic carbocycles. The molecule has 0 amide bonds. The number of benzene rings is 2. The number of halogens is 1. The Morgan fingerprint density at radius 2 is 2.00 bits per heavy atom. The van der Waals surface area contributed by atoms with E-state index in [0.717, 1.165) is 33.3 Å². The lowest BCUT2D eigenvalue weighted by molar-refractivity contribution is 1.04. The van der Waals surface area contributed by atoms with Crippen LogP contribution in [-0.4, -0.2) is 4.98 Å². The summed E-state index contributed by atoms with van der Waals surface area (Å²) in [5.41, 5.74) is 13.1. The van der Waals surface area contributed by atoms with Gasteiger partial charge in [0, 0.05) is 20.9 Å². The lowest BCUT2D eigenvalue weighted by Gasteiger charge is -2.12. The molecule has 0 bridgehead atoms. The van der Waals surface area contributed by atoms with Gasteiger partial charge < -0.3 is 0 Å². The molecule has 0 atom stereocenters. The number of hydrogen-bond acceptors (Lipinski definition) is 2. The molecule has 1 heterocycles. The maximum Gasteiger partial charge on any atom is 0.0757 e. The number of rotatable bonds is 3. The number of azide groups is 1. The van der Waals surface area contributed by atoms with E-state index in [2.05, 4.69) is 10.0 Å². The molecule has 0 saturated heterocycles. The van der Waals surface area contributed by atoms with Crippen molar-refractivity contribution >= 4 is 22.5 Å². The Morgan fingerprint density at radius 3 is 2.77 bits per heavy atom. The predicted octanol–water partition coefficient (Wildman–Crippen LogP) is 5.67. The Morgan fingerprint density at radius 1 is 1.18 bits per heavy atom. The van der Waals surface area contributed by atoms with Crippen LogP contribution in [0.5, 0.6) is 0 Å². The molecule has 0 unspecified atom stereocenters. The third kappa shape index (κ3) is 2.62. The van der Waals surface area contributed by atoms with Gasteiger partial charge in [0.2, 0.25) is 0 Å². The molecule has 0 spiro atoms. The first kappa shape index (κ1) is 14.4. The van der Waals surface area contributed by atoms with Crippen LogP contribution < -0.4 is 0 Å². The molecule has 5 heteroatoms. The number of nitrogens with zero attached hydrogens (tertiary/aromatic N) is 4. The molecule has 0 fully saturated rings. The smallest absolute Gasteiger partial charge is 0.0757 e. The molecule has 4 nitrogen and oxygen atoms in total. The molecular weight excluding hydrogens is 296 g/mol. The SMILES string of the molecule is Cc1cccc2nc(-c3ccccc3Cl)c(CN=[N+]=[N-])cc12. The minimum Gasteiger partial charge on any atom is -0.247 e. The fourth-order valence-electron chi connectivity index (χ4n) is 2.50. The van der Waals surface area contributed by atoms with Gasteiger partial charge in [-0.3, -0.25) is 0 Å². The highest BCUT2D eigenvalue weighted by atomic mass is 35.5. The average Bonchev–Trinajstić information content (AvgIpc) is 2.53. The maximum atomic E-state index is 8.62. The zero-order chi connectivity index (χ0) is 15.5. The molecule has 0 N–H and O–H groups in total. The van der Waals surface area contributed by atoms with Gasteiger partial charge in [-0.05, 0) is 41.8 Å². The Balaban J connectivity index is 2.31. The molecule has 0 aliphatic rings. The Bertz CT molecular complexity index is 898. The number of aryl methyl sites for hydroxylation is 1. The molecular formula is C17H13ClN4. The van der Waals surface area contributed by atoms with E-state index in [9.17, 15) is 0 Å². The first-order chi connectivity index (χ1) is 10.7. The summed E-state index contributed by atoms with van der Waals surface area (Å²) in [6, 6.07) is 15.6. The van der Waals surface area contributed by atoms with E-state index in [-0.39, 0.29) is 6.54 Å². The standard InChI is InChI=1S/C17H13ClN4/c1-11-5-4-8-16-14(11)9-12(10-20-22-19)17(21-16)13-6-2-3-7-15(13)18/h2-9H,10H2,1H3. The van der Waals surface area contributed by atoms with Gasteiger partial charge in [-0.25, -0.2) is 4.98 Å². The Hall–Kier alpha value is -2.55. The first-order valence-electron chi connectivity index (χ1n) is 6.85. The van der Waals surface area contributed by atoms with E-state index in [1.807, 2.05) is 55.5 Å². The van der Waals surface area contributed by atoms with Crippen molar-refractivity contribution in [3.8, 4) is 11.3 Å². The molecule has 0 saturated carbocycles. The van der Waals surface area contributed by atoms with Crippen molar-refractivity contribution in [2.75, 3.05) is 0 Å². The summed E-state index contributed by atoms with van der Waals surface area (Å²) in [7, 11) is 0. The van der Waals surface area contributed by atoms with Crippen molar-refractivity contribution < 1.29 is 0 Å². The van der Waals surface area contributed by atoms with E-state index >= 15 is 0 Å². The van der Waals surface area contributed by atoms with Crippen molar-refractivity contribution in [3.05, 3.63) is 75.1 Å². The van der Waals surface area contributed by atoms with Crippen LogP contribution in [0.1, 0.15) is 11.1 Å². The molecule has 22 heavy (non-hydrogen) atoms. The summed E-state index contributed by atoms with van der Waals surface area (Å²) < 4.78 is 0. The Labute approximate surface area is 133 Å². The summed E-state index contributed by atoms with van der Waals surface area (Å²) in [4.78, 5) is 7.61. The van der Waals surface area contributed by atoms with Crippen molar-refractivity contribution in [1.29, 1.82) is 0 Å². The Kier molecular flexibility index (Phi) is 3.96. The van der Waals surface area contributed by atoms with Crippen LogP contribution in [-0.2, 0) is 6.54 Å². The predicted molar refractivity (Wildman–Crippen MR) is 89.8 cm³/mol. The topological polar surface area (TPSA) is 61.7 Å². The van der Waals surface area contributed by atoms with Crippen molar-refractivity contribution in [2.45, 2.75) is 13.5 Å². The van der Waals surface area contributed by atoms with Crippen molar-refractivity contribution in [1.82, 2.24) is 4.98 Å². The van der Waals surface area contributed by atoms with Crippen molar-refractivity contribution in [3.63, 3.8) is 0 Å². The normalized spacial score (nSPS) is 10.5. The molecule has 0 radical (unpaired) electrons. The summed E-state index contributed by atoms with van der Waals surface area (Å²) in [5.74, 6) is 0. The average molecular weight is 309 g/mol. The van der Waals surface area contributed by atoms with Crippen LogP contribution in [0.3, 0.4) is 0 Å². The third-order valence-electron chi connectivity index (χ3n) is 3.59. The fraction of sp³-hybridized carbons (Fsp3) is 0.118.